The standard InChI is InChI=1S/C73H91N11O13S2.C15H27NO7.2CO2/c1-7-70(94)36-44-35-69(4,60-49(24-28-83(39-44)41-70)48-14-9-10-15-52(48)79-60)51-33-50-53(34-56(51)96-6)82(5)65-72(50)26-29-84-27-13-25-71(8-2,64(72)84)66(92)73(65,95)57(87)38-76-68(93)97-30-31-98-99-40-46(63(90)91)32-55(86)42(3)77-58(88)17-12-11-16-54(85)45-21-18-43(19-22-45)20-23-47-37-75-61-59(78-47)62(89)81-67(74)80-61;16-11(18)7-5-3-1-2-4-6-8-22-12-9-10(17)13(19)14(23-12)15(20)21;2*2-1-3/h9-10,13-15,18-19,21-22,25,33-34,37,42,44,46,64-66,79,92,94-95H,7-8,11-12,16-17,20,23-24,26-32,35-36,38-41H2,1-6H3,(H,76,93)(H,77,88)(H,90,91)(H3,74,75,80,81,89);10,12-14,17,19H,1-9H2,(H2,16,18)(H,20,21);;/t42-,44-,46+,64-,65+,66+,69+,70-,71+,72+,73-;10-,12?,13?,14?;;/m01../s1. The number of aliphatic hydroxyl groups excluding tert-OH is 3. The SMILES string of the molecule is CC[C@]1(O)C[C@H]2CN(CCc3c([nH]c4ccccc34)[C@@](C)(c3cc4c(cc3OC)N(C)[C@H]3[C@@](O)(C(=O)CNC(=O)OCCSSC[C@@H](CC(=O)[C@H](C)NC(=O)CCCCC(=O)c5ccc(CCc6cnc7nc(N)[nH]c(=O)c7n6)cc5)C(=O)O)[C@H](O)[C@]5(CC)C=CCN6CC[C@]43[C@@H]65)C2)C1.NC(=O)CCCCCCCCOC1C[C@@H](O)C(O)C(C(=O)O)O1.O=C=O.O=C=O. The van der Waals surface area contributed by atoms with Gasteiger partial charge in [-0.15, -0.1) is 0 Å². The number of benzene rings is 3. The Morgan fingerprint density at radius 2 is 1.53 bits per heavy atom. The number of carboxylic acids is 2. The molecule has 1 saturated carbocycles. The number of carbonyl (C=O) groups is 8. The topological polar surface area (TPSA) is 557 Å². The molecule has 15 N–H and O–H groups in total. The van der Waals surface area contributed by atoms with Crippen molar-refractivity contribution in [3.8, 4) is 5.75 Å². The summed E-state index contributed by atoms with van der Waals surface area (Å²) in [7, 11) is 5.97. The number of methoxy groups -OCH3 is 1. The molecule has 3 aromatic heterocycles. The fourth-order valence-electron chi connectivity index (χ4n) is 20.1. The molecule has 4 unspecified atom stereocenters. The minimum atomic E-state index is -2.42. The number of H-pyrrole nitrogens is 2. The smallest absolute Gasteiger partial charge is 0.407 e. The number of primary amides is 1. The summed E-state index contributed by atoms with van der Waals surface area (Å²) in [5.41, 5.74) is 12.7. The molecule has 3 aromatic carbocycles. The Morgan fingerprint density at radius 3 is 2.23 bits per heavy atom. The Labute approximate surface area is 748 Å². The zero-order valence-electron chi connectivity index (χ0n) is 72.9. The van der Waals surface area contributed by atoms with Crippen LogP contribution in [0.15, 0.2) is 83.8 Å². The third-order valence-electron chi connectivity index (χ3n) is 26.2. The first-order valence-electron chi connectivity index (χ1n) is 43.5. The van der Waals surface area contributed by atoms with Crippen molar-refractivity contribution >= 4 is 115 Å². The molecule has 36 nitrogen and oxygen atoms in total. The highest BCUT2D eigenvalue weighted by atomic mass is 33.1. The number of ether oxygens (including phenoxy) is 4. The van der Waals surface area contributed by atoms with E-state index in [1.807, 2.05) is 49.2 Å². The van der Waals surface area contributed by atoms with Crippen LogP contribution in [0, 0.1) is 17.3 Å². The van der Waals surface area contributed by atoms with Gasteiger partial charge in [0, 0.05) is 145 Å². The highest BCUT2D eigenvalue weighted by Crippen LogP contribution is 2.68. The summed E-state index contributed by atoms with van der Waals surface area (Å²) in [4.78, 5) is 172. The Kier molecular flexibility index (Phi) is 35.1. The van der Waals surface area contributed by atoms with Gasteiger partial charge in [-0.05, 0) is 132 Å². The molecule has 4 fully saturated rings. The summed E-state index contributed by atoms with van der Waals surface area (Å²) in [6.07, 6.45) is 10.4. The lowest BCUT2D eigenvalue weighted by molar-refractivity contribution is -0.252. The molecule has 13 rings (SSSR count). The predicted octanol–water partition coefficient (Wildman–Crippen LogP) is 5.75. The summed E-state index contributed by atoms with van der Waals surface area (Å²) >= 11 is 0. The molecule has 3 saturated heterocycles. The van der Waals surface area contributed by atoms with Gasteiger partial charge in [0.2, 0.25) is 17.8 Å². The van der Waals surface area contributed by atoms with Gasteiger partial charge in [-0.2, -0.15) is 24.2 Å². The first kappa shape index (κ1) is 100.0. The number of carboxylic acid groups (broad SMARTS) is 2. The number of aromatic amines is 2. The molecule has 6 aliphatic heterocycles. The van der Waals surface area contributed by atoms with Crippen molar-refractivity contribution in [2.24, 2.45) is 23.0 Å². The van der Waals surface area contributed by atoms with Gasteiger partial charge in [0.15, 0.2) is 46.5 Å². The summed E-state index contributed by atoms with van der Waals surface area (Å²) in [5, 5.41) is 83.2. The number of amides is 3. The molecule has 7 aliphatic rings. The van der Waals surface area contributed by atoms with Gasteiger partial charge in [-0.1, -0.05) is 116 Å². The molecule has 9 heterocycles. The van der Waals surface area contributed by atoms with Crippen LogP contribution in [0.1, 0.15) is 187 Å². The van der Waals surface area contributed by atoms with E-state index >= 15 is 4.79 Å². The summed E-state index contributed by atoms with van der Waals surface area (Å²) < 4.78 is 22.5. The number of aryl methyl sites for hydroxylation is 2. The number of nitrogens with one attached hydrogen (secondary N) is 4. The number of hydrogen-bond donors (Lipinski definition) is 13. The van der Waals surface area contributed by atoms with E-state index in [1.54, 1.807) is 25.4 Å². The maximum absolute atomic E-state index is 15.2. The van der Waals surface area contributed by atoms with E-state index in [0.717, 1.165) is 97.0 Å². The van der Waals surface area contributed by atoms with Crippen molar-refractivity contribution in [1.82, 2.24) is 45.4 Å². The van der Waals surface area contributed by atoms with Crippen molar-refractivity contribution in [1.29, 1.82) is 0 Å². The predicted molar refractivity (Wildman–Crippen MR) is 470 cm³/mol. The lowest BCUT2D eigenvalue weighted by Gasteiger charge is -2.63. The number of likely N-dealkylation sites (N-methyl/N-ethyl adjacent to an activating group) is 1. The van der Waals surface area contributed by atoms with E-state index in [1.165, 1.54) is 34.1 Å². The number of unbranched alkanes of at least 4 members (excludes halogenated alkanes) is 6. The van der Waals surface area contributed by atoms with Crippen LogP contribution in [-0.4, -0.2) is 268 Å². The number of rotatable bonds is 38. The molecule has 3 amide bonds. The van der Waals surface area contributed by atoms with Crippen LogP contribution in [0.3, 0.4) is 0 Å². The highest BCUT2D eigenvalue weighted by Gasteiger charge is 2.78. The lowest BCUT2D eigenvalue weighted by atomic mass is 9.47. The van der Waals surface area contributed by atoms with E-state index < -0.39 is 124 Å². The molecule has 0 radical (unpaired) electrons. The third-order valence-corrected chi connectivity index (χ3v) is 28.7. The van der Waals surface area contributed by atoms with Crippen molar-refractivity contribution in [2.45, 2.75) is 233 Å². The van der Waals surface area contributed by atoms with Gasteiger partial charge in [-0.3, -0.25) is 48.3 Å². The Balaban J connectivity index is 0.000000504. The van der Waals surface area contributed by atoms with E-state index in [4.69, 9.17) is 54.7 Å². The Hall–Kier alpha value is -10.2. The van der Waals surface area contributed by atoms with Gasteiger partial charge in [-0.25, -0.2) is 19.6 Å². The van der Waals surface area contributed by atoms with Gasteiger partial charge in [0.25, 0.3) is 5.56 Å². The first-order valence-corrected chi connectivity index (χ1v) is 46.0. The molecule has 128 heavy (non-hydrogen) atoms. The van der Waals surface area contributed by atoms with Crippen LogP contribution in [0.25, 0.3) is 22.1 Å². The minimum absolute atomic E-state index is 0.0380. The second-order valence-corrected chi connectivity index (χ2v) is 37.0. The molecule has 2 bridgehead atoms. The number of nitrogen functional groups attached to an aromatic ring is 1. The quantitative estimate of drug-likeness (QED) is 0.00950. The number of hydrogen-bond acceptors (Lipinski definition) is 31. The molecule has 1 spiro atoms. The number of alkyl carbamates (subject to hydrolysis) is 1. The molecule has 6 aromatic rings. The van der Waals surface area contributed by atoms with Gasteiger partial charge >= 0.3 is 30.3 Å². The number of aliphatic hydroxyl groups is 5. The number of fused-ring (bicyclic) bond motifs is 7. The van der Waals surface area contributed by atoms with E-state index in [-0.39, 0.29) is 96.9 Å². The van der Waals surface area contributed by atoms with E-state index in [2.05, 4.69) is 89.5 Å². The number of para-hydroxylation sites is 1. The van der Waals surface area contributed by atoms with Gasteiger partial charge in [0.05, 0.1) is 55.3 Å². The Bertz CT molecular complexity index is 5090. The lowest BCUT2D eigenvalue weighted by Crippen LogP contribution is -2.81. The third kappa shape index (κ3) is 22.8. The van der Waals surface area contributed by atoms with E-state index in [9.17, 15) is 69.0 Å². The number of ketones is 3. The average Bonchev–Trinajstić information content (AvgIpc) is 1.48. The summed E-state index contributed by atoms with van der Waals surface area (Å²) in [6, 6.07) is 17.7. The highest BCUT2D eigenvalue weighted by molar-refractivity contribution is 8.76. The van der Waals surface area contributed by atoms with E-state index in [0.29, 0.717) is 107 Å². The number of aromatic nitrogens is 5. The van der Waals surface area contributed by atoms with Crippen molar-refractivity contribution < 1.29 is 112 Å². The van der Waals surface area contributed by atoms with Crippen LogP contribution < -0.4 is 37.3 Å². The zero-order chi connectivity index (χ0) is 93.0. The normalized spacial score (nSPS) is 26.3. The number of carbonyl (C=O) groups excluding carboxylic acids is 10. The van der Waals surface area contributed by atoms with Crippen LogP contribution in [0.4, 0.5) is 16.4 Å². The maximum Gasteiger partial charge on any atom is 0.407 e. The number of nitrogens with zero attached hydrogens (tertiary/aromatic N) is 6. The van der Waals surface area contributed by atoms with Crippen molar-refractivity contribution in [3.63, 3.8) is 0 Å². The fraction of sp³-hybridized carbons (Fsp3) is 0.578. The number of piperidine rings is 1. The molecular weight excluding hydrogens is 1700 g/mol. The van der Waals surface area contributed by atoms with Crippen molar-refractivity contribution in [2.75, 3.05) is 88.8 Å². The number of anilines is 2. The van der Waals surface area contributed by atoms with Crippen LogP contribution in [0.5, 0.6) is 5.75 Å². The zero-order valence-corrected chi connectivity index (χ0v) is 74.6. The fourth-order valence-corrected chi connectivity index (χ4v) is 22.2. The van der Waals surface area contributed by atoms with Gasteiger partial charge < -0.3 is 86.7 Å². The molecule has 38 heteroatoms. The molecular formula is C90H118N12O24S2. The minimum Gasteiger partial charge on any atom is -0.496 e. The molecule has 1 aliphatic carbocycles. The number of aliphatic carboxylic acids is 2. The molecule has 694 valence electrons. The summed E-state index contributed by atoms with van der Waals surface area (Å²) in [5.74, 6) is -4.52. The number of Topliss-reactive ketones (excluding diaryl/α,β-unsaturated/α-hetero) is 3. The number of nitrogens with two attached hydrogens (primary N) is 2. The van der Waals surface area contributed by atoms with Crippen LogP contribution in [-0.2, 0) is 92.2 Å². The Morgan fingerprint density at radius 1 is 0.828 bits per heavy atom. The second kappa shape index (κ2) is 44.9. The maximum atomic E-state index is 15.2. The second-order valence-electron chi connectivity index (χ2n) is 34.4. The van der Waals surface area contributed by atoms with Crippen molar-refractivity contribution in [3.05, 3.63) is 129 Å². The van der Waals surface area contributed by atoms with Crippen LogP contribution in [0.2, 0.25) is 0 Å². The largest absolute Gasteiger partial charge is 0.496 e. The van der Waals surface area contributed by atoms with Crippen LogP contribution >= 0.6 is 21.6 Å². The first-order chi connectivity index (χ1) is 61.1. The summed E-state index contributed by atoms with van der Waals surface area (Å²) in [6.45, 7) is 11.0. The molecule has 16 atom stereocenters. The van der Waals surface area contributed by atoms with Gasteiger partial charge in [0.1, 0.15) is 24.6 Å². The monoisotopic (exact) mass is 1810 g/mol. The average molecular weight is 1820 g/mol.